The maximum absolute atomic E-state index is 6.26. The van der Waals surface area contributed by atoms with Crippen molar-refractivity contribution in [3.63, 3.8) is 0 Å². The number of rotatable bonds is 5. The van der Waals surface area contributed by atoms with Gasteiger partial charge in [-0.25, -0.2) is 0 Å². The van der Waals surface area contributed by atoms with Crippen LogP contribution in [0.1, 0.15) is 43.7 Å². The molecule has 2 rings (SSSR count). The Morgan fingerprint density at radius 2 is 2.00 bits per heavy atom. The third kappa shape index (κ3) is 4.11. The second kappa shape index (κ2) is 7.30. The Morgan fingerprint density at radius 3 is 2.65 bits per heavy atom. The highest BCUT2D eigenvalue weighted by Crippen LogP contribution is 2.31. The Bertz CT molecular complexity index is 440. The first kappa shape index (κ1) is 15.6. The van der Waals surface area contributed by atoms with E-state index in [0.29, 0.717) is 12.5 Å². The van der Waals surface area contributed by atoms with Crippen LogP contribution in [0.2, 0.25) is 5.02 Å². The van der Waals surface area contributed by atoms with Crippen molar-refractivity contribution in [1.82, 2.24) is 0 Å². The van der Waals surface area contributed by atoms with Gasteiger partial charge in [-0.15, -0.1) is 0 Å². The largest absolute Gasteiger partial charge is 0.493 e. The van der Waals surface area contributed by atoms with Crippen LogP contribution in [0.25, 0.3) is 0 Å². The molecule has 0 radical (unpaired) electrons. The normalized spacial score (nSPS) is 16.6. The molecule has 0 saturated carbocycles. The monoisotopic (exact) mass is 298 g/mol. The summed E-state index contributed by atoms with van der Waals surface area (Å²) in [6.07, 6.45) is 1.60. The van der Waals surface area contributed by atoms with Crippen LogP contribution < -0.4 is 4.74 Å². The van der Waals surface area contributed by atoms with E-state index in [1.807, 2.05) is 19.1 Å². The molecule has 0 aromatic heterocycles. The van der Waals surface area contributed by atoms with Gasteiger partial charge in [0, 0.05) is 11.4 Å². The van der Waals surface area contributed by atoms with Gasteiger partial charge in [0.25, 0.3) is 0 Å². The van der Waals surface area contributed by atoms with E-state index in [1.165, 1.54) is 0 Å². The zero-order valence-corrected chi connectivity index (χ0v) is 13.2. The van der Waals surface area contributed by atoms with Crippen molar-refractivity contribution in [3.8, 4) is 5.75 Å². The van der Waals surface area contributed by atoms with E-state index in [4.69, 9.17) is 25.8 Å². The smallest absolute Gasteiger partial charge is 0.160 e. The molecule has 1 aliphatic rings. The molecule has 20 heavy (non-hydrogen) atoms. The Kier molecular flexibility index (Phi) is 5.70. The average molecular weight is 299 g/mol. The lowest BCUT2D eigenvalue weighted by Gasteiger charge is -2.23. The molecule has 0 N–H and O–H groups in total. The summed E-state index contributed by atoms with van der Waals surface area (Å²) in [5.41, 5.74) is 2.18. The van der Waals surface area contributed by atoms with Crippen molar-refractivity contribution < 1.29 is 14.2 Å². The van der Waals surface area contributed by atoms with Crippen LogP contribution in [0.3, 0.4) is 0 Å². The van der Waals surface area contributed by atoms with Gasteiger partial charge in [-0.3, -0.25) is 0 Å². The fraction of sp³-hybridized carbons (Fsp3) is 0.625. The molecule has 3 nitrogen and oxygen atoms in total. The molecule has 0 spiro atoms. The first-order valence-electron chi connectivity index (χ1n) is 7.24. The van der Waals surface area contributed by atoms with E-state index in [2.05, 4.69) is 13.8 Å². The average Bonchev–Trinajstić information content (AvgIpc) is 2.42. The van der Waals surface area contributed by atoms with Gasteiger partial charge in [-0.2, -0.15) is 0 Å². The van der Waals surface area contributed by atoms with Crippen molar-refractivity contribution >= 4 is 11.6 Å². The first-order chi connectivity index (χ1) is 9.58. The molecule has 0 amide bonds. The van der Waals surface area contributed by atoms with Gasteiger partial charge in [0.2, 0.25) is 0 Å². The van der Waals surface area contributed by atoms with Crippen molar-refractivity contribution in [2.75, 3.05) is 19.8 Å². The molecule has 0 unspecified atom stereocenters. The summed E-state index contributed by atoms with van der Waals surface area (Å²) >= 11 is 6.26. The third-order valence-electron chi connectivity index (χ3n) is 3.42. The maximum atomic E-state index is 6.26. The molecule has 1 heterocycles. The molecular weight excluding hydrogens is 276 g/mol. The van der Waals surface area contributed by atoms with Crippen molar-refractivity contribution in [2.24, 2.45) is 0 Å². The third-order valence-corrected chi connectivity index (χ3v) is 3.75. The highest BCUT2D eigenvalue weighted by molar-refractivity contribution is 6.31. The van der Waals surface area contributed by atoms with Gasteiger partial charge in [-0.05, 0) is 42.5 Å². The Morgan fingerprint density at radius 1 is 1.30 bits per heavy atom. The number of ether oxygens (including phenoxy) is 3. The molecule has 112 valence electrons. The van der Waals surface area contributed by atoms with E-state index in [0.717, 1.165) is 48.0 Å². The summed E-state index contributed by atoms with van der Waals surface area (Å²) in [6.45, 7) is 8.42. The minimum absolute atomic E-state index is 0.124. The second-order valence-corrected chi connectivity index (χ2v) is 5.86. The standard InChI is InChI=1S/C16H23ClO3/c1-11(2)13-10-15(12(3)9-14(13)17)18-8-5-16-19-6-4-7-20-16/h9-11,16H,4-8H2,1-3H3. The van der Waals surface area contributed by atoms with E-state index in [9.17, 15) is 0 Å². The van der Waals surface area contributed by atoms with E-state index in [1.54, 1.807) is 0 Å². The SMILES string of the molecule is Cc1cc(Cl)c(C(C)C)cc1OCCC1OCCCO1. The van der Waals surface area contributed by atoms with E-state index >= 15 is 0 Å². The summed E-state index contributed by atoms with van der Waals surface area (Å²) in [5, 5.41) is 0.809. The maximum Gasteiger partial charge on any atom is 0.160 e. The predicted octanol–water partition coefficient (Wildman–Crippen LogP) is 4.30. The predicted molar refractivity (Wildman–Crippen MR) is 80.7 cm³/mol. The summed E-state index contributed by atoms with van der Waals surface area (Å²) < 4.78 is 16.9. The Labute approximate surface area is 126 Å². The molecule has 1 aromatic carbocycles. The van der Waals surface area contributed by atoms with Crippen LogP contribution in [0.15, 0.2) is 12.1 Å². The highest BCUT2D eigenvalue weighted by Gasteiger charge is 2.15. The van der Waals surface area contributed by atoms with Crippen LogP contribution in [0.4, 0.5) is 0 Å². The lowest BCUT2D eigenvalue weighted by Crippen LogP contribution is -2.26. The Hall–Kier alpha value is -0.770. The summed E-state index contributed by atoms with van der Waals surface area (Å²) in [5.74, 6) is 1.28. The summed E-state index contributed by atoms with van der Waals surface area (Å²) in [7, 11) is 0. The zero-order chi connectivity index (χ0) is 14.5. The molecule has 1 aromatic rings. The number of aryl methyl sites for hydroxylation is 1. The number of hydrogen-bond acceptors (Lipinski definition) is 3. The van der Waals surface area contributed by atoms with E-state index in [-0.39, 0.29) is 6.29 Å². The van der Waals surface area contributed by atoms with Gasteiger partial charge >= 0.3 is 0 Å². The molecule has 1 aliphatic heterocycles. The lowest BCUT2D eigenvalue weighted by atomic mass is 10.0. The van der Waals surface area contributed by atoms with Crippen molar-refractivity contribution in [1.29, 1.82) is 0 Å². The fourth-order valence-electron chi connectivity index (χ4n) is 2.23. The minimum atomic E-state index is -0.124. The van der Waals surface area contributed by atoms with Crippen LogP contribution in [-0.2, 0) is 9.47 Å². The van der Waals surface area contributed by atoms with Gasteiger partial charge in [0.1, 0.15) is 5.75 Å². The Balaban J connectivity index is 1.93. The van der Waals surface area contributed by atoms with Gasteiger partial charge in [0.15, 0.2) is 6.29 Å². The van der Waals surface area contributed by atoms with Crippen molar-refractivity contribution in [2.45, 2.75) is 45.8 Å². The molecule has 0 aliphatic carbocycles. The number of benzene rings is 1. The van der Waals surface area contributed by atoms with Gasteiger partial charge in [-0.1, -0.05) is 25.4 Å². The van der Waals surface area contributed by atoms with Crippen LogP contribution in [0, 0.1) is 6.92 Å². The van der Waals surface area contributed by atoms with Crippen LogP contribution in [-0.4, -0.2) is 26.1 Å². The quantitative estimate of drug-likeness (QED) is 0.811. The fourth-order valence-corrected chi connectivity index (χ4v) is 2.67. The number of hydrogen-bond donors (Lipinski definition) is 0. The first-order valence-corrected chi connectivity index (χ1v) is 7.61. The number of halogens is 1. The van der Waals surface area contributed by atoms with Gasteiger partial charge in [0.05, 0.1) is 19.8 Å². The molecule has 4 heteroatoms. The molecule has 0 atom stereocenters. The minimum Gasteiger partial charge on any atom is -0.493 e. The topological polar surface area (TPSA) is 27.7 Å². The molecular formula is C16H23ClO3. The molecule has 1 saturated heterocycles. The van der Waals surface area contributed by atoms with E-state index < -0.39 is 0 Å². The lowest BCUT2D eigenvalue weighted by molar-refractivity contribution is -0.183. The molecule has 0 bridgehead atoms. The van der Waals surface area contributed by atoms with Gasteiger partial charge < -0.3 is 14.2 Å². The zero-order valence-electron chi connectivity index (χ0n) is 12.4. The molecule has 1 fully saturated rings. The van der Waals surface area contributed by atoms with Crippen LogP contribution in [0.5, 0.6) is 5.75 Å². The highest BCUT2D eigenvalue weighted by atomic mass is 35.5. The summed E-state index contributed by atoms with van der Waals surface area (Å²) in [4.78, 5) is 0. The summed E-state index contributed by atoms with van der Waals surface area (Å²) in [6, 6.07) is 4.02. The van der Waals surface area contributed by atoms with Crippen LogP contribution >= 0.6 is 11.6 Å². The second-order valence-electron chi connectivity index (χ2n) is 5.46. The van der Waals surface area contributed by atoms with Crippen molar-refractivity contribution in [3.05, 3.63) is 28.3 Å².